The fourth-order valence-corrected chi connectivity index (χ4v) is 3.11. The number of rotatable bonds is 12. The minimum atomic E-state index is -0.895. The number of carbonyl (C=O) groups is 1. The molecule has 0 aliphatic carbocycles. The lowest BCUT2D eigenvalue weighted by Crippen LogP contribution is -2.58. The average Bonchev–Trinajstić information content (AvgIpc) is 3.33. The third-order valence-electron chi connectivity index (χ3n) is 4.67. The molecule has 126 valence electrons. The summed E-state index contributed by atoms with van der Waals surface area (Å²) in [5.41, 5.74) is 4.68. The molecule has 0 spiro atoms. The molecular weight excluding hydrogens is 288 g/mol. The van der Waals surface area contributed by atoms with Gasteiger partial charge < -0.3 is 25.1 Å². The van der Waals surface area contributed by atoms with E-state index in [4.69, 9.17) is 19.9 Å². The van der Waals surface area contributed by atoms with Crippen molar-refractivity contribution in [2.24, 2.45) is 5.73 Å². The van der Waals surface area contributed by atoms with Gasteiger partial charge in [-0.25, -0.2) is 0 Å². The monoisotopic (exact) mass is 314 g/mol. The summed E-state index contributed by atoms with van der Waals surface area (Å²) in [5.74, 6) is -0.763. The first-order chi connectivity index (χ1) is 10.6. The van der Waals surface area contributed by atoms with E-state index >= 15 is 0 Å². The van der Waals surface area contributed by atoms with Crippen LogP contribution >= 0.6 is 0 Å². The van der Waals surface area contributed by atoms with Crippen LogP contribution in [0.3, 0.4) is 0 Å². The lowest BCUT2D eigenvalue weighted by atomic mass is 9.85. The number of aliphatic carboxylic acids is 1. The van der Waals surface area contributed by atoms with E-state index in [9.17, 15) is 9.90 Å². The highest BCUT2D eigenvalue weighted by Crippen LogP contribution is 2.35. The van der Waals surface area contributed by atoms with E-state index < -0.39 is 11.5 Å². The minimum absolute atomic E-state index is 0.0664. The Balaban J connectivity index is 1.75. The second-order valence-electron chi connectivity index (χ2n) is 6.56. The molecule has 0 aromatic heterocycles. The van der Waals surface area contributed by atoms with Crippen LogP contribution in [-0.4, -0.2) is 79.3 Å². The third kappa shape index (κ3) is 4.17. The van der Waals surface area contributed by atoms with Crippen LogP contribution in [0.1, 0.15) is 25.7 Å². The van der Waals surface area contributed by atoms with Crippen molar-refractivity contribution in [1.82, 2.24) is 4.90 Å². The van der Waals surface area contributed by atoms with Gasteiger partial charge in [-0.2, -0.15) is 0 Å². The first-order valence-corrected chi connectivity index (χ1v) is 8.17. The van der Waals surface area contributed by atoms with Gasteiger partial charge in [-0.1, -0.05) is 0 Å². The second-order valence-corrected chi connectivity index (χ2v) is 6.56. The zero-order chi connectivity index (χ0) is 15.6. The maximum atomic E-state index is 12.2. The van der Waals surface area contributed by atoms with Crippen LogP contribution in [-0.2, 0) is 19.0 Å². The number of carboxylic acids is 1. The van der Waals surface area contributed by atoms with E-state index in [1.165, 1.54) is 0 Å². The molecule has 3 aliphatic heterocycles. The van der Waals surface area contributed by atoms with Gasteiger partial charge >= 0.3 is 5.97 Å². The van der Waals surface area contributed by atoms with Crippen molar-refractivity contribution in [2.75, 3.05) is 39.5 Å². The Bertz CT molecular complexity index is 381. The molecule has 3 unspecified atom stereocenters. The van der Waals surface area contributed by atoms with Crippen LogP contribution in [0, 0.1) is 0 Å². The van der Waals surface area contributed by atoms with Crippen LogP contribution in [0.5, 0.6) is 0 Å². The van der Waals surface area contributed by atoms with Crippen LogP contribution in [0.15, 0.2) is 0 Å². The number of nitrogens with zero attached hydrogens (tertiary/aromatic N) is 1. The molecule has 0 saturated carbocycles. The number of nitrogens with two attached hydrogens (primary N) is 1. The molecule has 3 fully saturated rings. The summed E-state index contributed by atoms with van der Waals surface area (Å²) in [5, 5.41) is 10.0. The smallest absolute Gasteiger partial charge is 0.324 e. The molecular formula is C15H26N2O5. The Kier molecular flexibility index (Phi) is 4.99. The highest BCUT2D eigenvalue weighted by molar-refractivity contribution is 5.79. The Hall–Kier alpha value is -0.730. The van der Waals surface area contributed by atoms with Gasteiger partial charge in [0.05, 0.1) is 38.1 Å². The van der Waals surface area contributed by atoms with Gasteiger partial charge in [-0.15, -0.1) is 0 Å². The topological polar surface area (TPSA) is 104 Å². The molecule has 0 amide bonds. The van der Waals surface area contributed by atoms with E-state index in [-0.39, 0.29) is 18.3 Å². The molecule has 3 aliphatic rings. The zero-order valence-electron chi connectivity index (χ0n) is 12.9. The molecule has 0 radical (unpaired) electrons. The fraction of sp³-hybridized carbons (Fsp3) is 0.933. The summed E-state index contributed by atoms with van der Waals surface area (Å²) in [4.78, 5) is 14.3. The van der Waals surface area contributed by atoms with E-state index in [2.05, 4.69) is 4.90 Å². The predicted octanol–water partition coefficient (Wildman–Crippen LogP) is -0.173. The van der Waals surface area contributed by atoms with Crippen LogP contribution in [0.25, 0.3) is 0 Å². The molecule has 3 saturated heterocycles. The summed E-state index contributed by atoms with van der Waals surface area (Å²) in [6, 6.07) is 0. The largest absolute Gasteiger partial charge is 0.480 e. The first kappa shape index (κ1) is 16.1. The Morgan fingerprint density at radius 2 is 1.64 bits per heavy atom. The molecule has 7 heteroatoms. The number of epoxide rings is 3. The molecule has 3 heterocycles. The van der Waals surface area contributed by atoms with Gasteiger partial charge in [0, 0.05) is 19.5 Å². The van der Waals surface area contributed by atoms with Crippen molar-refractivity contribution in [3.05, 3.63) is 0 Å². The maximum Gasteiger partial charge on any atom is 0.324 e. The van der Waals surface area contributed by atoms with Crippen molar-refractivity contribution >= 4 is 5.97 Å². The van der Waals surface area contributed by atoms with Crippen molar-refractivity contribution in [3.8, 4) is 0 Å². The summed E-state index contributed by atoms with van der Waals surface area (Å²) in [6.45, 7) is 4.01. The van der Waals surface area contributed by atoms with Gasteiger partial charge in [0.15, 0.2) is 0 Å². The van der Waals surface area contributed by atoms with Crippen molar-refractivity contribution in [3.63, 3.8) is 0 Å². The van der Waals surface area contributed by atoms with Crippen LogP contribution in [0.4, 0.5) is 0 Å². The number of hydrogen-bond donors (Lipinski definition) is 2. The van der Waals surface area contributed by atoms with Crippen molar-refractivity contribution in [2.45, 2.75) is 49.5 Å². The lowest BCUT2D eigenvalue weighted by molar-refractivity contribution is -0.154. The van der Waals surface area contributed by atoms with Gasteiger partial charge in [0.2, 0.25) is 0 Å². The zero-order valence-corrected chi connectivity index (χ0v) is 12.9. The highest BCUT2D eigenvalue weighted by atomic mass is 16.6. The molecule has 22 heavy (non-hydrogen) atoms. The highest BCUT2D eigenvalue weighted by Gasteiger charge is 2.50. The first-order valence-electron chi connectivity index (χ1n) is 8.17. The fourth-order valence-electron chi connectivity index (χ4n) is 3.11. The minimum Gasteiger partial charge on any atom is -0.480 e. The number of hydrogen-bond acceptors (Lipinski definition) is 6. The normalized spacial score (nSPS) is 31.8. The number of unbranched alkanes of at least 4 members (excludes halogenated alkanes) is 1. The SMILES string of the molecule is NCCCC[C@@](CC1CO1)(C(=O)O)N(CC1CO1)CC1CO1. The quantitative estimate of drug-likeness (QED) is 0.380. The molecule has 7 nitrogen and oxygen atoms in total. The average molecular weight is 314 g/mol. The lowest BCUT2D eigenvalue weighted by Gasteiger charge is -2.40. The second kappa shape index (κ2) is 6.80. The maximum absolute atomic E-state index is 12.2. The predicted molar refractivity (Wildman–Crippen MR) is 78.7 cm³/mol. The Labute approximate surface area is 130 Å². The Morgan fingerprint density at radius 3 is 2.05 bits per heavy atom. The van der Waals surface area contributed by atoms with Gasteiger partial charge in [0.25, 0.3) is 0 Å². The molecule has 0 aromatic rings. The van der Waals surface area contributed by atoms with Gasteiger partial charge in [0.1, 0.15) is 5.54 Å². The number of ether oxygens (including phenoxy) is 3. The summed E-state index contributed by atoms with van der Waals surface area (Å²) >= 11 is 0. The summed E-state index contributed by atoms with van der Waals surface area (Å²) in [7, 11) is 0. The van der Waals surface area contributed by atoms with Crippen molar-refractivity contribution < 1.29 is 24.1 Å². The molecule has 0 bridgehead atoms. The molecule has 0 aromatic carbocycles. The number of carboxylic acid groups (broad SMARTS) is 1. The van der Waals surface area contributed by atoms with E-state index in [1.54, 1.807) is 0 Å². The molecule has 4 atom stereocenters. The van der Waals surface area contributed by atoms with Gasteiger partial charge in [-0.05, 0) is 25.8 Å². The van der Waals surface area contributed by atoms with Crippen LogP contribution < -0.4 is 5.73 Å². The Morgan fingerprint density at radius 1 is 1.09 bits per heavy atom. The van der Waals surface area contributed by atoms with Crippen LogP contribution in [0.2, 0.25) is 0 Å². The molecule has 3 rings (SSSR count). The summed E-state index contributed by atoms with van der Waals surface area (Å²) < 4.78 is 16.0. The van der Waals surface area contributed by atoms with Crippen molar-refractivity contribution in [1.29, 1.82) is 0 Å². The van der Waals surface area contributed by atoms with Gasteiger partial charge in [-0.3, -0.25) is 9.69 Å². The summed E-state index contributed by atoms with van der Waals surface area (Å²) in [6.07, 6.45) is 3.17. The standard InChI is InChI=1S/C15H26N2O5/c16-4-2-1-3-15(14(18)19,5-11-8-20-11)17(6-12-9-21-12)7-13-10-22-13/h11-13H,1-10,16H2,(H,18,19)/t11?,12?,13?,15-/m1/s1. The van der Waals surface area contributed by atoms with E-state index in [0.29, 0.717) is 39.1 Å². The van der Waals surface area contributed by atoms with E-state index in [0.717, 1.165) is 26.1 Å². The molecule has 3 N–H and O–H groups in total. The van der Waals surface area contributed by atoms with E-state index in [1.807, 2.05) is 0 Å². The third-order valence-corrected chi connectivity index (χ3v) is 4.67.